The Morgan fingerprint density at radius 2 is 2.00 bits per heavy atom. The van der Waals surface area contributed by atoms with Crippen molar-refractivity contribution in [1.82, 2.24) is 4.98 Å². The number of aromatic nitrogens is 1. The first-order chi connectivity index (χ1) is 9.02. The number of aromatic hydroxyl groups is 1. The molecule has 3 nitrogen and oxygen atoms in total. The van der Waals surface area contributed by atoms with E-state index >= 15 is 0 Å². The van der Waals surface area contributed by atoms with Crippen molar-refractivity contribution in [3.8, 4) is 5.75 Å². The average molecular weight is 276 g/mol. The molecule has 1 aromatic heterocycles. The summed E-state index contributed by atoms with van der Waals surface area (Å²) in [6.45, 7) is 4.16. The minimum atomic E-state index is -0.585. The second-order valence-electron chi connectivity index (χ2n) is 4.91. The van der Waals surface area contributed by atoms with E-state index < -0.39 is 5.60 Å². The Kier molecular flexibility index (Phi) is 2.77. The molecule has 0 saturated heterocycles. The van der Waals surface area contributed by atoms with E-state index in [1.54, 1.807) is 13.1 Å². The first kappa shape index (κ1) is 12.5. The minimum Gasteiger partial charge on any atom is -0.506 e. The lowest BCUT2D eigenvalue weighted by atomic mass is 9.88. The predicted molar refractivity (Wildman–Crippen MR) is 73.3 cm³/mol. The van der Waals surface area contributed by atoms with Crippen molar-refractivity contribution in [2.45, 2.75) is 26.1 Å². The molecule has 1 aliphatic heterocycles. The van der Waals surface area contributed by atoms with Gasteiger partial charge in [0.1, 0.15) is 11.4 Å². The second kappa shape index (κ2) is 4.22. The summed E-state index contributed by atoms with van der Waals surface area (Å²) in [5, 5.41) is 10.8. The SMILES string of the molecule is Cc1ncc2c(c1O)COC2(C)c1ccc(Cl)cc1. The molecule has 4 heteroatoms. The highest BCUT2D eigenvalue weighted by Crippen LogP contribution is 2.44. The number of pyridine rings is 1. The van der Waals surface area contributed by atoms with Crippen LogP contribution in [0.1, 0.15) is 29.3 Å². The molecule has 0 bridgehead atoms. The summed E-state index contributed by atoms with van der Waals surface area (Å²) in [6.07, 6.45) is 1.78. The van der Waals surface area contributed by atoms with E-state index in [2.05, 4.69) is 4.98 Å². The van der Waals surface area contributed by atoms with Crippen molar-refractivity contribution < 1.29 is 9.84 Å². The topological polar surface area (TPSA) is 42.4 Å². The van der Waals surface area contributed by atoms with Crippen molar-refractivity contribution in [3.05, 3.63) is 57.9 Å². The summed E-state index contributed by atoms with van der Waals surface area (Å²) in [4.78, 5) is 4.23. The standard InChI is InChI=1S/C15H14ClNO2/c1-9-14(18)12-8-19-15(2,13(12)7-17-9)10-3-5-11(16)6-4-10/h3-7,18H,8H2,1-2H3. The first-order valence-corrected chi connectivity index (χ1v) is 6.48. The van der Waals surface area contributed by atoms with Crippen LogP contribution in [-0.4, -0.2) is 10.1 Å². The zero-order chi connectivity index (χ0) is 13.6. The molecule has 0 radical (unpaired) electrons. The molecule has 1 atom stereocenters. The van der Waals surface area contributed by atoms with Gasteiger partial charge in [-0.3, -0.25) is 4.98 Å². The van der Waals surface area contributed by atoms with Gasteiger partial charge in [0.25, 0.3) is 0 Å². The fourth-order valence-electron chi connectivity index (χ4n) is 2.50. The van der Waals surface area contributed by atoms with E-state index in [4.69, 9.17) is 16.3 Å². The number of ether oxygens (including phenoxy) is 1. The van der Waals surface area contributed by atoms with Gasteiger partial charge >= 0.3 is 0 Å². The molecule has 2 heterocycles. The molecular weight excluding hydrogens is 262 g/mol. The number of benzene rings is 1. The molecule has 98 valence electrons. The highest BCUT2D eigenvalue weighted by Gasteiger charge is 2.39. The maximum atomic E-state index is 10.1. The first-order valence-electron chi connectivity index (χ1n) is 6.10. The third-order valence-corrected chi connectivity index (χ3v) is 4.01. The summed E-state index contributed by atoms with van der Waals surface area (Å²) in [5.41, 5.74) is 2.78. The third kappa shape index (κ3) is 1.81. The zero-order valence-electron chi connectivity index (χ0n) is 10.8. The number of hydrogen-bond acceptors (Lipinski definition) is 3. The van der Waals surface area contributed by atoms with Gasteiger partial charge in [-0.05, 0) is 31.5 Å². The largest absolute Gasteiger partial charge is 0.506 e. The molecule has 1 N–H and O–H groups in total. The highest BCUT2D eigenvalue weighted by atomic mass is 35.5. The van der Waals surface area contributed by atoms with Crippen LogP contribution in [0.5, 0.6) is 5.75 Å². The Morgan fingerprint density at radius 1 is 1.32 bits per heavy atom. The van der Waals surface area contributed by atoms with Crippen LogP contribution < -0.4 is 0 Å². The quantitative estimate of drug-likeness (QED) is 0.865. The van der Waals surface area contributed by atoms with Crippen LogP contribution >= 0.6 is 11.6 Å². The van der Waals surface area contributed by atoms with Gasteiger partial charge in [-0.25, -0.2) is 0 Å². The van der Waals surface area contributed by atoms with Crippen molar-refractivity contribution >= 4 is 11.6 Å². The number of aryl methyl sites for hydroxylation is 1. The number of fused-ring (bicyclic) bond motifs is 1. The fraction of sp³-hybridized carbons (Fsp3) is 0.267. The van der Waals surface area contributed by atoms with Crippen molar-refractivity contribution in [1.29, 1.82) is 0 Å². The third-order valence-electron chi connectivity index (χ3n) is 3.76. The van der Waals surface area contributed by atoms with Crippen LogP contribution in [0.4, 0.5) is 0 Å². The number of rotatable bonds is 1. The van der Waals surface area contributed by atoms with Gasteiger partial charge in [0, 0.05) is 22.3 Å². The molecule has 0 fully saturated rings. The molecular formula is C15H14ClNO2. The average Bonchev–Trinajstić information content (AvgIpc) is 2.74. The Bertz CT molecular complexity index is 639. The normalized spacial score (nSPS) is 21.4. The highest BCUT2D eigenvalue weighted by molar-refractivity contribution is 6.30. The van der Waals surface area contributed by atoms with Gasteiger partial charge in [-0.15, -0.1) is 0 Å². The van der Waals surface area contributed by atoms with E-state index in [1.807, 2.05) is 31.2 Å². The van der Waals surface area contributed by atoms with E-state index in [0.29, 0.717) is 17.3 Å². The summed E-state index contributed by atoms with van der Waals surface area (Å²) in [6, 6.07) is 7.55. The van der Waals surface area contributed by atoms with Gasteiger partial charge < -0.3 is 9.84 Å². The molecule has 0 spiro atoms. The maximum absolute atomic E-state index is 10.1. The van der Waals surface area contributed by atoms with Gasteiger partial charge in [0.05, 0.1) is 12.3 Å². The molecule has 1 aromatic carbocycles. The Hall–Kier alpha value is -1.58. The summed E-state index contributed by atoms with van der Waals surface area (Å²) in [7, 11) is 0. The summed E-state index contributed by atoms with van der Waals surface area (Å²) >= 11 is 5.92. The lowest BCUT2D eigenvalue weighted by Gasteiger charge is -2.25. The minimum absolute atomic E-state index is 0.232. The maximum Gasteiger partial charge on any atom is 0.142 e. The van der Waals surface area contributed by atoms with E-state index in [1.165, 1.54) is 0 Å². The van der Waals surface area contributed by atoms with Crippen LogP contribution in [0.3, 0.4) is 0 Å². The van der Waals surface area contributed by atoms with Crippen LogP contribution in [0.25, 0.3) is 0 Å². The Morgan fingerprint density at radius 3 is 2.68 bits per heavy atom. The molecule has 3 rings (SSSR count). The number of hydrogen-bond donors (Lipinski definition) is 1. The van der Waals surface area contributed by atoms with Gasteiger partial charge in [0.15, 0.2) is 0 Å². The van der Waals surface area contributed by atoms with Crippen LogP contribution in [0.15, 0.2) is 30.5 Å². The molecule has 0 aliphatic carbocycles. The van der Waals surface area contributed by atoms with Crippen molar-refractivity contribution in [3.63, 3.8) is 0 Å². The summed E-state index contributed by atoms with van der Waals surface area (Å²) in [5.74, 6) is 0.232. The van der Waals surface area contributed by atoms with Gasteiger partial charge in [0.2, 0.25) is 0 Å². The summed E-state index contributed by atoms with van der Waals surface area (Å²) < 4.78 is 5.93. The molecule has 1 unspecified atom stereocenters. The lowest BCUT2D eigenvalue weighted by Crippen LogP contribution is -2.22. The fourth-order valence-corrected chi connectivity index (χ4v) is 2.63. The molecule has 1 aliphatic rings. The van der Waals surface area contributed by atoms with Crippen LogP contribution in [0.2, 0.25) is 5.02 Å². The molecule has 19 heavy (non-hydrogen) atoms. The van der Waals surface area contributed by atoms with Crippen molar-refractivity contribution in [2.75, 3.05) is 0 Å². The van der Waals surface area contributed by atoms with Crippen molar-refractivity contribution in [2.24, 2.45) is 0 Å². The number of nitrogens with zero attached hydrogens (tertiary/aromatic N) is 1. The molecule has 2 aromatic rings. The van der Waals surface area contributed by atoms with E-state index in [0.717, 1.165) is 16.7 Å². The predicted octanol–water partition coefficient (Wildman–Crippen LogP) is 3.54. The van der Waals surface area contributed by atoms with Crippen LogP contribution in [-0.2, 0) is 16.9 Å². The Balaban J connectivity index is 2.15. The number of halogens is 1. The van der Waals surface area contributed by atoms with E-state index in [-0.39, 0.29) is 5.75 Å². The zero-order valence-corrected chi connectivity index (χ0v) is 11.5. The second-order valence-corrected chi connectivity index (χ2v) is 5.35. The monoisotopic (exact) mass is 275 g/mol. The van der Waals surface area contributed by atoms with E-state index in [9.17, 15) is 5.11 Å². The van der Waals surface area contributed by atoms with Gasteiger partial charge in [-0.2, -0.15) is 0 Å². The molecule has 0 saturated carbocycles. The van der Waals surface area contributed by atoms with Gasteiger partial charge in [-0.1, -0.05) is 23.7 Å². The smallest absolute Gasteiger partial charge is 0.142 e. The lowest BCUT2D eigenvalue weighted by molar-refractivity contribution is 0.00934. The Labute approximate surface area is 116 Å². The molecule has 0 amide bonds. The van der Waals surface area contributed by atoms with Crippen LogP contribution in [0, 0.1) is 6.92 Å².